The van der Waals surface area contributed by atoms with Crippen LogP contribution in [0.5, 0.6) is 0 Å². The summed E-state index contributed by atoms with van der Waals surface area (Å²) in [4.78, 5) is 14.0. The summed E-state index contributed by atoms with van der Waals surface area (Å²) in [7, 11) is -4.77. The van der Waals surface area contributed by atoms with Crippen LogP contribution in [0.3, 0.4) is 0 Å². The lowest BCUT2D eigenvalue weighted by Gasteiger charge is -2.40. The van der Waals surface area contributed by atoms with E-state index in [1.807, 2.05) is 0 Å². The normalized spacial score (nSPS) is 26.8. The third kappa shape index (κ3) is 3.22. The summed E-state index contributed by atoms with van der Waals surface area (Å²) in [5, 5.41) is 21.0. The summed E-state index contributed by atoms with van der Waals surface area (Å²) >= 11 is 1.36. The van der Waals surface area contributed by atoms with Crippen molar-refractivity contribution in [2.45, 2.75) is 49.7 Å². The molecule has 0 unspecified atom stereocenters. The maximum absolute atomic E-state index is 12.5. The Hall–Kier alpha value is -2.03. The van der Waals surface area contributed by atoms with Crippen molar-refractivity contribution in [3.8, 4) is 0 Å². The van der Waals surface area contributed by atoms with E-state index in [-0.39, 0.29) is 18.5 Å². The number of nitrogens with zero attached hydrogens (tertiary/aromatic N) is 4. The number of rotatable bonds is 5. The van der Waals surface area contributed by atoms with E-state index in [9.17, 15) is 13.2 Å². The second kappa shape index (κ2) is 6.25. The maximum atomic E-state index is 12.5. The molecule has 12 nitrogen and oxygen atoms in total. The largest absolute Gasteiger partial charge is 0.418 e. The monoisotopic (exact) mass is 417 g/mol. The van der Waals surface area contributed by atoms with Gasteiger partial charge >= 0.3 is 16.4 Å². The van der Waals surface area contributed by atoms with E-state index >= 15 is 0 Å². The van der Waals surface area contributed by atoms with E-state index in [1.54, 1.807) is 0 Å². The lowest BCUT2D eigenvalue weighted by molar-refractivity contribution is -0.0317. The molecule has 1 aromatic heterocycles. The standard InChI is InChI=1S/C13H19N7O5S2/c14-11(15)16-13(4-1-5-13)10-18-17-9(26-10)8-3-2-7-6-19(8)12(21)20(7)25-27(22,23)24/h7-8H,1-6H2,(H4,14,15,16)(H,22,23,24)/t7-,8+/m1/s1. The molecule has 148 valence electrons. The van der Waals surface area contributed by atoms with Crippen LogP contribution in [0.1, 0.15) is 48.2 Å². The fourth-order valence-corrected chi connectivity index (χ4v) is 5.41. The van der Waals surface area contributed by atoms with Gasteiger partial charge in [-0.15, -0.1) is 14.5 Å². The van der Waals surface area contributed by atoms with Crippen molar-refractivity contribution in [1.82, 2.24) is 25.5 Å². The van der Waals surface area contributed by atoms with E-state index < -0.39 is 28.0 Å². The van der Waals surface area contributed by atoms with Crippen molar-refractivity contribution in [3.63, 3.8) is 0 Å². The zero-order chi connectivity index (χ0) is 19.4. The highest BCUT2D eigenvalue weighted by Gasteiger charge is 2.49. The highest BCUT2D eigenvalue weighted by atomic mass is 32.3. The number of carbonyl (C=O) groups is 1. The molecule has 3 aliphatic rings. The number of urea groups is 1. The Labute approximate surface area is 159 Å². The van der Waals surface area contributed by atoms with Crippen molar-refractivity contribution in [2.75, 3.05) is 6.54 Å². The number of nitrogens with two attached hydrogens (primary N) is 1. The second-order valence-electron chi connectivity index (χ2n) is 6.93. The third-order valence-corrected chi connectivity index (χ3v) is 6.79. The number of piperidine rings is 1. The zero-order valence-corrected chi connectivity index (χ0v) is 15.8. The smallest absolute Gasteiger partial charge is 0.370 e. The van der Waals surface area contributed by atoms with Crippen LogP contribution in [0.4, 0.5) is 4.79 Å². The summed E-state index contributed by atoms with van der Waals surface area (Å²) in [6.45, 7) is 0.283. The molecule has 27 heavy (non-hydrogen) atoms. The van der Waals surface area contributed by atoms with Crippen molar-refractivity contribution < 1.29 is 22.0 Å². The van der Waals surface area contributed by atoms with E-state index in [0.717, 1.165) is 24.3 Å². The van der Waals surface area contributed by atoms with Crippen molar-refractivity contribution in [3.05, 3.63) is 10.0 Å². The molecule has 0 aromatic carbocycles. The Morgan fingerprint density at radius 1 is 1.41 bits per heavy atom. The molecule has 14 heteroatoms. The Morgan fingerprint density at radius 3 is 2.74 bits per heavy atom. The summed E-state index contributed by atoms with van der Waals surface area (Å²) in [5.74, 6) is -0.125. The Balaban J connectivity index is 1.55. The number of carbonyl (C=O) groups excluding carboxylic acids is 1. The fourth-order valence-electron chi connectivity index (χ4n) is 3.83. The number of fused-ring (bicyclic) bond motifs is 2. The molecule has 3 heterocycles. The molecule has 2 bridgehead atoms. The number of guanidine groups is 1. The second-order valence-corrected chi connectivity index (χ2v) is 8.94. The van der Waals surface area contributed by atoms with Crippen LogP contribution in [0.25, 0.3) is 0 Å². The Bertz CT molecular complexity index is 883. The van der Waals surface area contributed by atoms with Gasteiger partial charge in [0.25, 0.3) is 0 Å². The molecule has 2 atom stereocenters. The predicted octanol–water partition coefficient (Wildman–Crippen LogP) is 0.0759. The highest BCUT2D eigenvalue weighted by molar-refractivity contribution is 7.80. The first-order chi connectivity index (χ1) is 12.7. The zero-order valence-electron chi connectivity index (χ0n) is 14.2. The van der Waals surface area contributed by atoms with Crippen LogP contribution in [-0.4, -0.2) is 57.7 Å². The SMILES string of the molecule is N=C(N)NC1(c2nnc([C@@H]3CC[C@@H]4CN3C(=O)N4OS(=O)(=O)O)s2)CCC1. The number of hydroxylamine groups is 2. The average molecular weight is 417 g/mol. The molecule has 1 aliphatic carbocycles. The molecule has 1 saturated carbocycles. The van der Waals surface area contributed by atoms with Crippen LogP contribution in [0.2, 0.25) is 0 Å². The first-order valence-electron chi connectivity index (χ1n) is 8.41. The molecule has 0 spiro atoms. The number of hydrogen-bond acceptors (Lipinski definition) is 8. The first-order valence-corrected chi connectivity index (χ1v) is 10.6. The maximum Gasteiger partial charge on any atom is 0.418 e. The van der Waals surface area contributed by atoms with Gasteiger partial charge in [0, 0.05) is 6.54 Å². The van der Waals surface area contributed by atoms with Crippen LogP contribution in [-0.2, 0) is 20.2 Å². The molecule has 2 amide bonds. The number of amides is 2. The van der Waals surface area contributed by atoms with Crippen LogP contribution < -0.4 is 11.1 Å². The van der Waals surface area contributed by atoms with Gasteiger partial charge in [0.1, 0.15) is 10.0 Å². The molecule has 0 radical (unpaired) electrons. The van der Waals surface area contributed by atoms with Gasteiger partial charge < -0.3 is 16.0 Å². The molecular formula is C13H19N7O5S2. The van der Waals surface area contributed by atoms with Crippen LogP contribution in [0.15, 0.2) is 0 Å². The minimum absolute atomic E-state index is 0.125. The predicted molar refractivity (Wildman–Crippen MR) is 92.8 cm³/mol. The summed E-state index contributed by atoms with van der Waals surface area (Å²) in [6.07, 6.45) is 3.67. The lowest BCUT2D eigenvalue weighted by atomic mass is 9.77. The lowest BCUT2D eigenvalue weighted by Crippen LogP contribution is -2.52. The van der Waals surface area contributed by atoms with Crippen LogP contribution >= 0.6 is 11.3 Å². The summed E-state index contributed by atoms with van der Waals surface area (Å²) in [5.41, 5.74) is 5.02. The number of aromatic nitrogens is 2. The van der Waals surface area contributed by atoms with Crippen molar-refractivity contribution in [1.29, 1.82) is 5.41 Å². The number of hydrogen-bond donors (Lipinski definition) is 4. The summed E-state index contributed by atoms with van der Waals surface area (Å²) in [6, 6.07) is -1.41. The van der Waals surface area contributed by atoms with Gasteiger partial charge in [0.2, 0.25) is 0 Å². The molecule has 5 N–H and O–H groups in total. The van der Waals surface area contributed by atoms with E-state index in [2.05, 4.69) is 19.8 Å². The van der Waals surface area contributed by atoms with Gasteiger partial charge in [-0.3, -0.25) is 9.96 Å². The van der Waals surface area contributed by atoms with E-state index in [1.165, 1.54) is 16.2 Å². The van der Waals surface area contributed by atoms with Gasteiger partial charge in [0.05, 0.1) is 17.6 Å². The highest BCUT2D eigenvalue weighted by Crippen LogP contribution is 2.45. The van der Waals surface area contributed by atoms with Crippen molar-refractivity contribution >= 4 is 33.7 Å². The molecule has 3 fully saturated rings. The van der Waals surface area contributed by atoms with Gasteiger partial charge in [0.15, 0.2) is 5.96 Å². The van der Waals surface area contributed by atoms with Gasteiger partial charge in [-0.2, -0.15) is 13.5 Å². The number of nitrogens with one attached hydrogen (secondary N) is 2. The molecule has 2 saturated heterocycles. The van der Waals surface area contributed by atoms with Crippen molar-refractivity contribution in [2.24, 2.45) is 5.73 Å². The summed E-state index contributed by atoms with van der Waals surface area (Å²) < 4.78 is 35.3. The fraction of sp³-hybridized carbons (Fsp3) is 0.692. The first kappa shape index (κ1) is 18.3. The topological polar surface area (TPSA) is 175 Å². The van der Waals surface area contributed by atoms with E-state index in [4.69, 9.17) is 15.7 Å². The Morgan fingerprint density at radius 2 is 2.15 bits per heavy atom. The molecule has 2 aliphatic heterocycles. The third-order valence-electron chi connectivity index (χ3n) is 5.21. The molecule has 4 rings (SSSR count). The minimum atomic E-state index is -4.77. The average Bonchev–Trinajstić information content (AvgIpc) is 3.11. The molecular weight excluding hydrogens is 398 g/mol. The van der Waals surface area contributed by atoms with Gasteiger partial charge in [-0.05, 0) is 32.1 Å². The Kier molecular flexibility index (Phi) is 4.25. The minimum Gasteiger partial charge on any atom is -0.370 e. The van der Waals surface area contributed by atoms with E-state index in [0.29, 0.717) is 22.9 Å². The quantitative estimate of drug-likeness (QED) is 0.293. The van der Waals surface area contributed by atoms with Crippen LogP contribution in [0, 0.1) is 5.41 Å². The molecule has 1 aromatic rings. The van der Waals surface area contributed by atoms with Gasteiger partial charge in [-0.1, -0.05) is 11.3 Å². The van der Waals surface area contributed by atoms with Gasteiger partial charge in [-0.25, -0.2) is 4.79 Å².